The summed E-state index contributed by atoms with van der Waals surface area (Å²) in [5.41, 5.74) is -0.182. The topological polar surface area (TPSA) is 132 Å². The predicted octanol–water partition coefficient (Wildman–Crippen LogP) is 1.16. The summed E-state index contributed by atoms with van der Waals surface area (Å²) in [5.74, 6) is 1.50. The van der Waals surface area contributed by atoms with Crippen LogP contribution in [-0.4, -0.2) is 38.1 Å². The molecule has 2 rings (SSSR count). The van der Waals surface area contributed by atoms with Gasteiger partial charge in [0.25, 0.3) is 0 Å². The fourth-order valence-corrected chi connectivity index (χ4v) is 1.61. The van der Waals surface area contributed by atoms with Gasteiger partial charge in [0.05, 0.1) is 4.92 Å². The van der Waals surface area contributed by atoms with Crippen molar-refractivity contribution in [1.29, 1.82) is 0 Å². The number of aryl methyl sites for hydroxylation is 1. The van der Waals surface area contributed by atoms with Crippen molar-refractivity contribution in [2.75, 3.05) is 23.7 Å². The molecule has 2 aromatic heterocycles. The summed E-state index contributed by atoms with van der Waals surface area (Å²) in [5, 5.41) is 20.4. The summed E-state index contributed by atoms with van der Waals surface area (Å²) >= 11 is 0. The normalized spacial score (nSPS) is 10.4. The van der Waals surface area contributed by atoms with Gasteiger partial charge in [0, 0.05) is 19.5 Å². The zero-order valence-electron chi connectivity index (χ0n) is 11.7. The lowest BCUT2D eigenvalue weighted by atomic mass is 10.4. The molecular weight excluding hydrogens is 278 g/mol. The zero-order chi connectivity index (χ0) is 15.2. The van der Waals surface area contributed by atoms with Crippen LogP contribution in [0.2, 0.25) is 0 Å². The number of nitro groups is 1. The molecule has 21 heavy (non-hydrogen) atoms. The molecule has 0 atom stereocenters. The molecule has 0 fully saturated rings. The number of nitrogens with zero attached hydrogens (tertiary/aromatic N) is 5. The molecule has 0 saturated heterocycles. The lowest BCUT2D eigenvalue weighted by molar-refractivity contribution is -0.384. The van der Waals surface area contributed by atoms with Crippen molar-refractivity contribution >= 4 is 17.5 Å². The molecule has 112 valence electrons. The highest BCUT2D eigenvalue weighted by atomic mass is 16.6. The van der Waals surface area contributed by atoms with Gasteiger partial charge >= 0.3 is 5.69 Å². The first-order valence-corrected chi connectivity index (χ1v) is 6.38. The second kappa shape index (κ2) is 6.59. The highest BCUT2D eigenvalue weighted by Gasteiger charge is 2.17. The summed E-state index contributed by atoms with van der Waals surface area (Å²) in [6, 6.07) is 0. The summed E-state index contributed by atoms with van der Waals surface area (Å²) in [6.45, 7) is 4.61. The van der Waals surface area contributed by atoms with Crippen molar-refractivity contribution in [3.63, 3.8) is 0 Å². The Morgan fingerprint density at radius 3 is 2.81 bits per heavy atom. The smallest absolute Gasteiger partial charge is 0.329 e. The Hall–Kier alpha value is -2.78. The van der Waals surface area contributed by atoms with Gasteiger partial charge in [-0.15, -0.1) is 0 Å². The first kappa shape index (κ1) is 14.6. The van der Waals surface area contributed by atoms with Crippen LogP contribution < -0.4 is 10.6 Å². The minimum atomic E-state index is -0.533. The van der Waals surface area contributed by atoms with Crippen LogP contribution >= 0.6 is 0 Å². The third-order valence-electron chi connectivity index (χ3n) is 2.50. The second-order valence-electron chi connectivity index (χ2n) is 4.13. The van der Waals surface area contributed by atoms with E-state index in [0.717, 1.165) is 0 Å². The van der Waals surface area contributed by atoms with Crippen molar-refractivity contribution in [3.8, 4) is 0 Å². The third kappa shape index (κ3) is 3.84. The summed E-state index contributed by atoms with van der Waals surface area (Å²) in [4.78, 5) is 22.4. The molecule has 2 aromatic rings. The van der Waals surface area contributed by atoms with Crippen molar-refractivity contribution in [2.45, 2.75) is 20.3 Å². The molecule has 0 aliphatic rings. The van der Waals surface area contributed by atoms with Crippen LogP contribution in [0.4, 0.5) is 17.5 Å². The summed E-state index contributed by atoms with van der Waals surface area (Å²) in [7, 11) is 0. The zero-order valence-corrected chi connectivity index (χ0v) is 11.7. The molecule has 0 spiro atoms. The molecule has 2 heterocycles. The van der Waals surface area contributed by atoms with E-state index in [1.54, 1.807) is 6.92 Å². The van der Waals surface area contributed by atoms with Crippen LogP contribution in [-0.2, 0) is 6.42 Å². The number of nitrogens with one attached hydrogen (secondary N) is 2. The van der Waals surface area contributed by atoms with Gasteiger partial charge in [0.2, 0.25) is 17.7 Å². The SMILES string of the molecule is CCNc1ncc([N+](=O)[O-])c(NCCc2nc(C)no2)n1. The molecule has 0 amide bonds. The van der Waals surface area contributed by atoms with E-state index >= 15 is 0 Å². The lowest BCUT2D eigenvalue weighted by Crippen LogP contribution is -2.11. The lowest BCUT2D eigenvalue weighted by Gasteiger charge is -2.07. The third-order valence-corrected chi connectivity index (χ3v) is 2.50. The van der Waals surface area contributed by atoms with Gasteiger partial charge in [-0.1, -0.05) is 5.16 Å². The molecular formula is C11H15N7O3. The van der Waals surface area contributed by atoms with Crippen LogP contribution in [0.3, 0.4) is 0 Å². The van der Waals surface area contributed by atoms with E-state index in [0.29, 0.717) is 37.2 Å². The molecule has 10 heteroatoms. The number of anilines is 2. The molecule has 0 unspecified atom stereocenters. The van der Waals surface area contributed by atoms with Gasteiger partial charge in [-0.05, 0) is 13.8 Å². The van der Waals surface area contributed by atoms with Crippen molar-refractivity contribution in [3.05, 3.63) is 28.0 Å². The van der Waals surface area contributed by atoms with Gasteiger partial charge in [0.15, 0.2) is 5.82 Å². The molecule has 0 radical (unpaired) electrons. The van der Waals surface area contributed by atoms with E-state index in [-0.39, 0.29) is 11.5 Å². The van der Waals surface area contributed by atoms with Gasteiger partial charge in [-0.3, -0.25) is 10.1 Å². The minimum Gasteiger partial charge on any atom is -0.364 e. The van der Waals surface area contributed by atoms with E-state index in [1.807, 2.05) is 6.92 Å². The van der Waals surface area contributed by atoms with Gasteiger partial charge in [-0.2, -0.15) is 9.97 Å². The highest BCUT2D eigenvalue weighted by Crippen LogP contribution is 2.21. The maximum absolute atomic E-state index is 11.0. The molecule has 0 aromatic carbocycles. The Morgan fingerprint density at radius 1 is 1.38 bits per heavy atom. The summed E-state index contributed by atoms with van der Waals surface area (Å²) < 4.78 is 4.96. The quantitative estimate of drug-likeness (QED) is 0.570. The van der Waals surface area contributed by atoms with Crippen LogP contribution in [0.25, 0.3) is 0 Å². The van der Waals surface area contributed by atoms with E-state index in [1.165, 1.54) is 6.20 Å². The number of aromatic nitrogens is 4. The van der Waals surface area contributed by atoms with Crippen molar-refractivity contribution in [2.24, 2.45) is 0 Å². The highest BCUT2D eigenvalue weighted by molar-refractivity contribution is 5.56. The maximum Gasteiger partial charge on any atom is 0.329 e. The molecule has 0 aliphatic heterocycles. The first-order chi connectivity index (χ1) is 10.1. The minimum absolute atomic E-state index is 0.155. The Labute approximate surface area is 120 Å². The van der Waals surface area contributed by atoms with E-state index < -0.39 is 4.92 Å². The average Bonchev–Trinajstić information content (AvgIpc) is 2.85. The average molecular weight is 293 g/mol. The molecule has 0 bridgehead atoms. The fraction of sp³-hybridized carbons (Fsp3) is 0.455. The van der Waals surface area contributed by atoms with Gasteiger partial charge < -0.3 is 15.2 Å². The Kier molecular flexibility index (Phi) is 4.59. The first-order valence-electron chi connectivity index (χ1n) is 6.38. The predicted molar refractivity (Wildman–Crippen MR) is 74.1 cm³/mol. The maximum atomic E-state index is 11.0. The number of hydrogen-bond acceptors (Lipinski definition) is 9. The van der Waals surface area contributed by atoms with Crippen LogP contribution in [0.15, 0.2) is 10.7 Å². The molecule has 0 saturated carbocycles. The Balaban J connectivity index is 2.05. The molecule has 10 nitrogen and oxygen atoms in total. The Bertz CT molecular complexity index is 628. The second-order valence-corrected chi connectivity index (χ2v) is 4.13. The summed E-state index contributed by atoms with van der Waals surface area (Å²) in [6.07, 6.45) is 1.61. The largest absolute Gasteiger partial charge is 0.364 e. The molecule has 2 N–H and O–H groups in total. The van der Waals surface area contributed by atoms with Gasteiger partial charge in [0.1, 0.15) is 6.20 Å². The van der Waals surface area contributed by atoms with Crippen LogP contribution in [0.5, 0.6) is 0 Å². The molecule has 0 aliphatic carbocycles. The van der Waals surface area contributed by atoms with E-state index in [2.05, 4.69) is 30.7 Å². The van der Waals surface area contributed by atoms with E-state index in [9.17, 15) is 10.1 Å². The number of hydrogen-bond donors (Lipinski definition) is 2. The Morgan fingerprint density at radius 2 is 2.19 bits per heavy atom. The monoisotopic (exact) mass is 293 g/mol. The number of rotatable bonds is 7. The van der Waals surface area contributed by atoms with Crippen LogP contribution in [0.1, 0.15) is 18.6 Å². The van der Waals surface area contributed by atoms with Crippen molar-refractivity contribution < 1.29 is 9.45 Å². The van der Waals surface area contributed by atoms with E-state index in [4.69, 9.17) is 4.52 Å². The van der Waals surface area contributed by atoms with Crippen molar-refractivity contribution in [1.82, 2.24) is 20.1 Å². The standard InChI is InChI=1S/C11H15N7O3/c1-3-12-11-14-6-8(18(19)20)10(16-11)13-5-4-9-15-7(2)17-21-9/h6H,3-5H2,1-2H3,(H2,12,13,14,16). The fourth-order valence-electron chi connectivity index (χ4n) is 1.61. The van der Waals surface area contributed by atoms with Crippen LogP contribution in [0, 0.1) is 17.0 Å². The van der Waals surface area contributed by atoms with Gasteiger partial charge in [-0.25, -0.2) is 4.98 Å².